The van der Waals surface area contributed by atoms with Crippen LogP contribution in [0, 0.1) is 5.92 Å². The van der Waals surface area contributed by atoms with Gasteiger partial charge in [-0.1, -0.05) is 19.1 Å². The molecule has 0 aliphatic carbocycles. The molecule has 0 saturated carbocycles. The standard InChI is InChI=1S/C28H29F3N4O5/c1-3-22(36)34-10-5-4-7-17(15-34)16-35-23-20(14-21-24(25(23)38-2)40-12-11-39-21)32-27(35)33-26(37)18-8-6-9-19(13-18)28(29,30)31/h3,6,8-9,13-14,17H,1,4-5,7,10-12,15-16H2,2H3,(H,32,33,37)/t17-/m1/s1. The van der Waals surface area contributed by atoms with Crippen molar-refractivity contribution in [2.45, 2.75) is 32.0 Å². The lowest BCUT2D eigenvalue weighted by Gasteiger charge is -2.25. The van der Waals surface area contributed by atoms with Gasteiger partial charge >= 0.3 is 6.18 Å². The summed E-state index contributed by atoms with van der Waals surface area (Å²) in [6, 6.07) is 5.88. The van der Waals surface area contributed by atoms with Gasteiger partial charge in [0.15, 0.2) is 11.5 Å². The lowest BCUT2D eigenvalue weighted by Crippen LogP contribution is -2.34. The van der Waals surface area contributed by atoms with Crippen molar-refractivity contribution in [2.75, 3.05) is 38.7 Å². The summed E-state index contributed by atoms with van der Waals surface area (Å²) in [4.78, 5) is 32.0. The summed E-state index contributed by atoms with van der Waals surface area (Å²) in [6.45, 7) is 5.71. The van der Waals surface area contributed by atoms with Gasteiger partial charge in [-0.05, 0) is 43.0 Å². The number of likely N-dealkylation sites (tertiary alicyclic amines) is 1. The van der Waals surface area contributed by atoms with Crippen LogP contribution in [0.1, 0.15) is 35.2 Å². The predicted molar refractivity (Wildman–Crippen MR) is 141 cm³/mol. The molecule has 1 atom stereocenters. The molecule has 1 N–H and O–H groups in total. The number of aromatic nitrogens is 2. The van der Waals surface area contributed by atoms with E-state index in [4.69, 9.17) is 14.2 Å². The molecular weight excluding hydrogens is 529 g/mol. The Morgan fingerprint density at radius 1 is 1.23 bits per heavy atom. The molecule has 3 heterocycles. The fourth-order valence-electron chi connectivity index (χ4n) is 5.20. The minimum atomic E-state index is -4.59. The van der Waals surface area contributed by atoms with Crippen LogP contribution < -0.4 is 19.5 Å². The highest BCUT2D eigenvalue weighted by Gasteiger charge is 2.32. The predicted octanol–water partition coefficient (Wildman–Crippen LogP) is 4.90. The molecule has 1 fully saturated rings. The summed E-state index contributed by atoms with van der Waals surface area (Å²) in [5.41, 5.74) is -0.101. The number of carbonyl (C=O) groups is 2. The van der Waals surface area contributed by atoms with Gasteiger partial charge < -0.3 is 23.7 Å². The number of methoxy groups -OCH3 is 1. The van der Waals surface area contributed by atoms with Gasteiger partial charge in [-0.15, -0.1) is 0 Å². The van der Waals surface area contributed by atoms with E-state index in [1.807, 2.05) is 0 Å². The zero-order chi connectivity index (χ0) is 28.4. The third-order valence-electron chi connectivity index (χ3n) is 7.07. The maximum absolute atomic E-state index is 13.3. The van der Waals surface area contributed by atoms with Gasteiger partial charge in [0, 0.05) is 31.3 Å². The van der Waals surface area contributed by atoms with Gasteiger partial charge in [-0.2, -0.15) is 13.2 Å². The fraction of sp³-hybridized carbons (Fsp3) is 0.393. The Morgan fingerprint density at radius 3 is 2.77 bits per heavy atom. The van der Waals surface area contributed by atoms with Gasteiger partial charge in [0.2, 0.25) is 17.6 Å². The first kappa shape index (κ1) is 27.4. The third kappa shape index (κ3) is 5.43. The quantitative estimate of drug-likeness (QED) is 0.433. The Balaban J connectivity index is 1.57. The van der Waals surface area contributed by atoms with Crippen LogP contribution in [0.2, 0.25) is 0 Å². The maximum atomic E-state index is 13.3. The van der Waals surface area contributed by atoms with Crippen molar-refractivity contribution >= 4 is 28.8 Å². The van der Waals surface area contributed by atoms with E-state index >= 15 is 0 Å². The summed E-state index contributed by atoms with van der Waals surface area (Å²) in [6.07, 6.45) is -0.740. The van der Waals surface area contributed by atoms with Crippen LogP contribution in [0.5, 0.6) is 17.2 Å². The smallest absolute Gasteiger partial charge is 0.416 e. The Morgan fingerprint density at radius 2 is 2.02 bits per heavy atom. The molecular formula is C28H29F3N4O5. The number of halogens is 3. The average Bonchev–Trinajstić information content (AvgIpc) is 3.10. The van der Waals surface area contributed by atoms with E-state index in [-0.39, 0.29) is 23.3 Å². The molecule has 2 aliphatic rings. The first-order valence-corrected chi connectivity index (χ1v) is 13.0. The molecule has 0 bridgehead atoms. The normalized spacial score (nSPS) is 17.3. The molecule has 1 aromatic heterocycles. The van der Waals surface area contributed by atoms with Crippen LogP contribution in [-0.4, -0.2) is 59.7 Å². The highest BCUT2D eigenvalue weighted by molar-refractivity contribution is 6.04. The minimum Gasteiger partial charge on any atom is -0.491 e. The van der Waals surface area contributed by atoms with E-state index in [9.17, 15) is 22.8 Å². The number of hydrogen-bond donors (Lipinski definition) is 1. The molecule has 0 radical (unpaired) electrons. The molecule has 0 spiro atoms. The first-order chi connectivity index (χ1) is 19.2. The highest BCUT2D eigenvalue weighted by Crippen LogP contribution is 2.46. The number of nitrogens with one attached hydrogen (secondary N) is 1. The number of nitrogens with zero attached hydrogens (tertiary/aromatic N) is 3. The molecule has 3 aromatic rings. The Hall–Kier alpha value is -4.22. The van der Waals surface area contributed by atoms with Crippen LogP contribution in [0.15, 0.2) is 43.0 Å². The van der Waals surface area contributed by atoms with Gasteiger partial charge in [0.05, 0.1) is 18.2 Å². The number of ether oxygens (including phenoxy) is 3. The number of benzene rings is 2. The number of amides is 2. The van der Waals surface area contributed by atoms with Crippen molar-refractivity contribution in [2.24, 2.45) is 5.92 Å². The monoisotopic (exact) mass is 558 g/mol. The lowest BCUT2D eigenvalue weighted by molar-refractivity contribution is -0.137. The summed E-state index contributed by atoms with van der Waals surface area (Å²) in [5, 5.41) is 2.70. The van der Waals surface area contributed by atoms with Crippen molar-refractivity contribution in [3.8, 4) is 17.2 Å². The molecule has 40 heavy (non-hydrogen) atoms. The molecule has 0 unspecified atom stereocenters. The van der Waals surface area contributed by atoms with E-state index in [0.29, 0.717) is 61.1 Å². The van der Waals surface area contributed by atoms with E-state index in [2.05, 4.69) is 16.9 Å². The second kappa shape index (κ2) is 11.1. The summed E-state index contributed by atoms with van der Waals surface area (Å²) < 4.78 is 58.9. The molecule has 5 rings (SSSR count). The summed E-state index contributed by atoms with van der Waals surface area (Å²) >= 11 is 0. The van der Waals surface area contributed by atoms with Crippen LogP contribution in [0.4, 0.5) is 19.1 Å². The second-order valence-corrected chi connectivity index (χ2v) is 9.73. The number of imidazole rings is 1. The maximum Gasteiger partial charge on any atom is 0.416 e. The number of rotatable bonds is 6. The summed E-state index contributed by atoms with van der Waals surface area (Å²) in [5.74, 6) is 0.429. The van der Waals surface area contributed by atoms with Crippen molar-refractivity contribution in [3.05, 3.63) is 54.1 Å². The van der Waals surface area contributed by atoms with Crippen molar-refractivity contribution in [3.63, 3.8) is 0 Å². The van der Waals surface area contributed by atoms with E-state index < -0.39 is 17.6 Å². The minimum absolute atomic E-state index is 0.00841. The highest BCUT2D eigenvalue weighted by atomic mass is 19.4. The van der Waals surface area contributed by atoms with Gasteiger partial charge in [-0.25, -0.2) is 4.98 Å². The number of carbonyl (C=O) groups excluding carboxylic acids is 2. The van der Waals surface area contributed by atoms with Crippen LogP contribution in [0.3, 0.4) is 0 Å². The van der Waals surface area contributed by atoms with Crippen molar-refractivity contribution in [1.82, 2.24) is 14.5 Å². The Labute approximate surface area is 228 Å². The van der Waals surface area contributed by atoms with Crippen molar-refractivity contribution < 1.29 is 37.0 Å². The van der Waals surface area contributed by atoms with Crippen LogP contribution >= 0.6 is 0 Å². The van der Waals surface area contributed by atoms with Gasteiger partial charge in [-0.3, -0.25) is 14.9 Å². The van der Waals surface area contributed by atoms with E-state index in [1.54, 1.807) is 15.5 Å². The van der Waals surface area contributed by atoms with Gasteiger partial charge in [0.25, 0.3) is 5.91 Å². The van der Waals surface area contributed by atoms with Crippen LogP contribution in [0.25, 0.3) is 11.0 Å². The van der Waals surface area contributed by atoms with E-state index in [0.717, 1.165) is 31.4 Å². The van der Waals surface area contributed by atoms with Gasteiger partial charge in [0.1, 0.15) is 18.7 Å². The lowest BCUT2D eigenvalue weighted by atomic mass is 10.0. The molecule has 2 aromatic carbocycles. The molecule has 212 valence electrons. The molecule has 9 nitrogen and oxygen atoms in total. The molecule has 1 saturated heterocycles. The Kier molecular flexibility index (Phi) is 7.59. The number of anilines is 1. The SMILES string of the molecule is C=CC(=O)N1CCCC[C@@H](Cn2c(NC(=O)c3cccc(C(F)(F)F)c3)nc3cc4c(c(OC)c32)OCCO4)C1. The zero-order valence-corrected chi connectivity index (χ0v) is 21.9. The first-order valence-electron chi connectivity index (χ1n) is 13.0. The molecule has 2 aliphatic heterocycles. The topological polar surface area (TPSA) is 94.9 Å². The van der Waals surface area contributed by atoms with Crippen molar-refractivity contribution in [1.29, 1.82) is 0 Å². The number of hydrogen-bond acceptors (Lipinski definition) is 6. The van der Waals surface area contributed by atoms with E-state index in [1.165, 1.54) is 25.3 Å². The molecule has 12 heteroatoms. The van der Waals surface area contributed by atoms with Crippen LogP contribution in [-0.2, 0) is 17.5 Å². The largest absolute Gasteiger partial charge is 0.491 e. The number of fused-ring (bicyclic) bond motifs is 2. The molecule has 2 amide bonds. The summed E-state index contributed by atoms with van der Waals surface area (Å²) in [7, 11) is 1.49. The number of alkyl halides is 3. The second-order valence-electron chi connectivity index (χ2n) is 9.73. The zero-order valence-electron chi connectivity index (χ0n) is 21.9. The average molecular weight is 559 g/mol. The fourth-order valence-corrected chi connectivity index (χ4v) is 5.20. The Bertz CT molecular complexity index is 1450. The third-order valence-corrected chi connectivity index (χ3v) is 7.07.